The molecule has 31 heavy (non-hydrogen) atoms. The minimum Gasteiger partial charge on any atom is -0.324 e. The number of aryl methyl sites for hydroxylation is 3. The van der Waals surface area contributed by atoms with Crippen molar-refractivity contribution in [1.29, 1.82) is 0 Å². The predicted octanol–water partition coefficient (Wildman–Crippen LogP) is 3.08. The fourth-order valence-electron chi connectivity index (χ4n) is 4.06. The Balaban J connectivity index is 0.00000171. The first kappa shape index (κ1) is 24.8. The normalized spacial score (nSPS) is 12.6. The number of nitrogens with zero attached hydrogens (tertiary/aromatic N) is 2. The number of hydrogen-bond donors (Lipinski definition) is 3. The van der Waals surface area contributed by atoms with Crippen LogP contribution in [0, 0.1) is 19.7 Å². The molecule has 168 valence electrons. The molecule has 10 heteroatoms. The van der Waals surface area contributed by atoms with Gasteiger partial charge in [0.2, 0.25) is 5.91 Å². The first-order valence-corrected chi connectivity index (χ1v) is 9.72. The van der Waals surface area contributed by atoms with Crippen molar-refractivity contribution >= 4 is 47.4 Å². The van der Waals surface area contributed by atoms with Crippen LogP contribution in [0.4, 0.5) is 10.1 Å². The Bertz CT molecular complexity index is 1190. The molecule has 0 saturated carbocycles. The number of halogens is 3. The average Bonchev–Trinajstić information content (AvgIpc) is 2.97. The molecule has 2 aromatic heterocycles. The topological polar surface area (TPSA) is 91.8 Å². The van der Waals surface area contributed by atoms with Crippen molar-refractivity contribution in [3.63, 3.8) is 0 Å². The highest BCUT2D eigenvalue weighted by atomic mass is 35.5. The van der Waals surface area contributed by atoms with E-state index in [-0.39, 0.29) is 54.2 Å². The van der Waals surface area contributed by atoms with Crippen LogP contribution in [0.1, 0.15) is 34.4 Å². The maximum Gasteiger partial charge on any atom is 0.276 e. The van der Waals surface area contributed by atoms with E-state index in [1.54, 1.807) is 13.1 Å². The molecule has 0 aliphatic carbocycles. The van der Waals surface area contributed by atoms with E-state index < -0.39 is 0 Å². The molecule has 7 nitrogen and oxygen atoms in total. The molecule has 1 aliphatic heterocycles. The monoisotopic (exact) mass is 469 g/mol. The molecule has 1 aliphatic rings. The van der Waals surface area contributed by atoms with Gasteiger partial charge in [-0.1, -0.05) is 6.07 Å². The lowest BCUT2D eigenvalue weighted by Gasteiger charge is -2.19. The number of rotatable bonds is 4. The number of pyridine rings is 1. The largest absolute Gasteiger partial charge is 0.324 e. The summed E-state index contributed by atoms with van der Waals surface area (Å²) >= 11 is 0. The highest BCUT2D eigenvalue weighted by molar-refractivity contribution is 5.91. The van der Waals surface area contributed by atoms with Crippen LogP contribution in [-0.4, -0.2) is 27.2 Å². The zero-order valence-electron chi connectivity index (χ0n) is 17.6. The number of carbonyl (C=O) groups excluding carboxylic acids is 1. The van der Waals surface area contributed by atoms with Crippen molar-refractivity contribution in [3.05, 3.63) is 56.3 Å². The van der Waals surface area contributed by atoms with Gasteiger partial charge in [0.15, 0.2) is 5.65 Å². The number of aromatic nitrogens is 3. The molecule has 0 radical (unpaired) electrons. The molecule has 0 spiro atoms. The van der Waals surface area contributed by atoms with E-state index in [0.29, 0.717) is 36.0 Å². The van der Waals surface area contributed by atoms with Gasteiger partial charge in [0.05, 0.1) is 11.1 Å². The number of amides is 1. The van der Waals surface area contributed by atoms with Crippen molar-refractivity contribution in [2.24, 2.45) is 7.05 Å². The number of anilines is 1. The van der Waals surface area contributed by atoms with Crippen LogP contribution in [0.2, 0.25) is 0 Å². The molecular formula is C21H26Cl2FN5O2. The van der Waals surface area contributed by atoms with Crippen molar-refractivity contribution in [2.45, 2.75) is 39.7 Å². The summed E-state index contributed by atoms with van der Waals surface area (Å²) in [7, 11) is 1.65. The van der Waals surface area contributed by atoms with Gasteiger partial charge in [0.1, 0.15) is 5.82 Å². The number of H-pyrrole nitrogens is 1. The third-order valence-electron chi connectivity index (χ3n) is 5.66. The van der Waals surface area contributed by atoms with Crippen LogP contribution in [0.5, 0.6) is 0 Å². The third-order valence-corrected chi connectivity index (χ3v) is 5.66. The molecule has 0 bridgehead atoms. The zero-order valence-corrected chi connectivity index (χ0v) is 19.2. The second kappa shape index (κ2) is 9.80. The summed E-state index contributed by atoms with van der Waals surface area (Å²) in [5, 5.41) is 9.38. The van der Waals surface area contributed by atoms with Gasteiger partial charge in [-0.25, -0.2) is 9.37 Å². The van der Waals surface area contributed by atoms with Gasteiger partial charge in [-0.05, 0) is 61.6 Å². The van der Waals surface area contributed by atoms with E-state index in [9.17, 15) is 14.0 Å². The lowest BCUT2D eigenvalue weighted by atomic mass is 9.99. The summed E-state index contributed by atoms with van der Waals surface area (Å²) in [6.07, 6.45) is 1.22. The van der Waals surface area contributed by atoms with Gasteiger partial charge in [-0.3, -0.25) is 19.4 Å². The summed E-state index contributed by atoms with van der Waals surface area (Å²) in [4.78, 5) is 29.3. The van der Waals surface area contributed by atoms with Crippen molar-refractivity contribution in [1.82, 2.24) is 20.1 Å². The number of nitrogens with one attached hydrogen (secondary N) is 3. The number of carbonyl (C=O) groups is 1. The van der Waals surface area contributed by atoms with Gasteiger partial charge in [0, 0.05) is 25.7 Å². The first-order valence-electron chi connectivity index (χ1n) is 9.72. The fourth-order valence-corrected chi connectivity index (χ4v) is 4.06. The van der Waals surface area contributed by atoms with Gasteiger partial charge >= 0.3 is 0 Å². The Morgan fingerprint density at radius 2 is 2.03 bits per heavy atom. The lowest BCUT2D eigenvalue weighted by molar-refractivity contribution is -0.116. The number of hydrogen-bond acceptors (Lipinski definition) is 4. The Morgan fingerprint density at radius 1 is 1.29 bits per heavy atom. The van der Waals surface area contributed by atoms with Crippen LogP contribution >= 0.6 is 24.8 Å². The molecular weight excluding hydrogens is 444 g/mol. The molecule has 3 N–H and O–H groups in total. The molecule has 1 aromatic carbocycles. The van der Waals surface area contributed by atoms with Crippen LogP contribution in [-0.2, 0) is 31.2 Å². The minimum atomic E-state index is -0.344. The smallest absolute Gasteiger partial charge is 0.276 e. The summed E-state index contributed by atoms with van der Waals surface area (Å²) in [5.41, 5.74) is 4.72. The van der Waals surface area contributed by atoms with Crippen LogP contribution in [0.25, 0.3) is 11.0 Å². The number of fused-ring (bicyclic) bond motifs is 2. The zero-order chi connectivity index (χ0) is 20.7. The van der Waals surface area contributed by atoms with Crippen molar-refractivity contribution < 1.29 is 9.18 Å². The highest BCUT2D eigenvalue weighted by Crippen LogP contribution is 2.25. The molecule has 3 heterocycles. The Morgan fingerprint density at radius 3 is 2.77 bits per heavy atom. The second-order valence-electron chi connectivity index (χ2n) is 7.54. The second-order valence-corrected chi connectivity index (χ2v) is 7.54. The van der Waals surface area contributed by atoms with E-state index in [1.165, 1.54) is 4.68 Å². The molecule has 0 atom stereocenters. The Labute approximate surface area is 191 Å². The molecule has 4 rings (SSSR count). The highest BCUT2D eigenvalue weighted by Gasteiger charge is 2.19. The summed E-state index contributed by atoms with van der Waals surface area (Å²) < 4.78 is 16.1. The van der Waals surface area contributed by atoms with E-state index in [0.717, 1.165) is 28.9 Å². The standard InChI is InChI=1S/C21H24FN5O2.2ClH/c1-11-14(12(2)24-20-18(11)21(29)27(3)26-20)5-7-17(28)25-16-6-4-13-10-23-9-8-15(13)19(16)22;;/h4,6,23H,5,7-10H2,1-3H3,(H,24,26)(H,25,28);2*1H. The van der Waals surface area contributed by atoms with Crippen LogP contribution < -0.4 is 16.2 Å². The Kier molecular flexibility index (Phi) is 7.86. The Hall–Kier alpha value is -2.42. The third kappa shape index (κ3) is 4.61. The molecule has 0 unspecified atom stereocenters. The summed E-state index contributed by atoms with van der Waals surface area (Å²) in [6.45, 7) is 5.11. The van der Waals surface area contributed by atoms with E-state index in [1.807, 2.05) is 19.9 Å². The SMILES string of the molecule is Cc1nc2[nH]n(C)c(=O)c2c(C)c1CCC(=O)Nc1ccc2c(c1F)CCNC2.Cl.Cl. The fraction of sp³-hybridized carbons (Fsp3) is 0.381. The van der Waals surface area contributed by atoms with Crippen molar-refractivity contribution in [2.75, 3.05) is 11.9 Å². The maximum absolute atomic E-state index is 14.7. The average molecular weight is 470 g/mol. The van der Waals surface area contributed by atoms with E-state index in [4.69, 9.17) is 0 Å². The predicted molar refractivity (Wildman–Crippen MR) is 124 cm³/mol. The quantitative estimate of drug-likeness (QED) is 0.547. The van der Waals surface area contributed by atoms with Gasteiger partial charge < -0.3 is 10.6 Å². The number of benzene rings is 1. The molecule has 0 saturated heterocycles. The van der Waals surface area contributed by atoms with Gasteiger partial charge in [-0.2, -0.15) is 0 Å². The van der Waals surface area contributed by atoms with E-state index >= 15 is 0 Å². The summed E-state index contributed by atoms with van der Waals surface area (Å²) in [6, 6.07) is 3.47. The molecule has 3 aromatic rings. The van der Waals surface area contributed by atoms with Gasteiger partial charge in [-0.15, -0.1) is 24.8 Å². The number of aromatic amines is 1. The van der Waals surface area contributed by atoms with E-state index in [2.05, 4.69) is 20.7 Å². The van der Waals surface area contributed by atoms with Crippen molar-refractivity contribution in [3.8, 4) is 0 Å². The molecule has 0 fully saturated rings. The van der Waals surface area contributed by atoms with Crippen LogP contribution in [0.15, 0.2) is 16.9 Å². The maximum atomic E-state index is 14.7. The minimum absolute atomic E-state index is 0. The summed E-state index contributed by atoms with van der Waals surface area (Å²) in [5.74, 6) is -0.609. The van der Waals surface area contributed by atoms with Crippen LogP contribution in [0.3, 0.4) is 0 Å². The van der Waals surface area contributed by atoms with Gasteiger partial charge in [0.25, 0.3) is 5.56 Å². The molecule has 1 amide bonds. The first-order chi connectivity index (χ1) is 13.9. The lowest BCUT2D eigenvalue weighted by Crippen LogP contribution is -2.25.